The highest BCUT2D eigenvalue weighted by Gasteiger charge is 2.48. The molecule has 2 aliphatic rings. The van der Waals surface area contributed by atoms with Crippen LogP contribution in [0.1, 0.15) is 37.7 Å². The summed E-state index contributed by atoms with van der Waals surface area (Å²) in [5, 5.41) is 2.82. The number of benzene rings is 1. The number of likely N-dealkylation sites (tertiary alicyclic amines) is 1. The van der Waals surface area contributed by atoms with Gasteiger partial charge in [0.25, 0.3) is 0 Å². The molecule has 1 aliphatic heterocycles. The van der Waals surface area contributed by atoms with E-state index in [0.29, 0.717) is 26.2 Å². The molecule has 1 aromatic rings. The van der Waals surface area contributed by atoms with Crippen LogP contribution < -0.4 is 11.1 Å². The number of halogens is 2. The van der Waals surface area contributed by atoms with Crippen LogP contribution in [0.4, 0.5) is 4.39 Å². The van der Waals surface area contributed by atoms with Crippen molar-refractivity contribution in [1.29, 1.82) is 0 Å². The largest absolute Gasteiger partial charge is 0.355 e. The highest BCUT2D eigenvalue weighted by molar-refractivity contribution is 5.90. The Morgan fingerprint density at radius 1 is 1.31 bits per heavy atom. The Balaban J connectivity index is 0.00000243. The monoisotopic (exact) mass is 383 g/mol. The molecule has 7 heteroatoms. The summed E-state index contributed by atoms with van der Waals surface area (Å²) in [6.07, 6.45) is 4.06. The first-order chi connectivity index (χ1) is 12.1. The number of nitrogens with one attached hydrogen (secondary N) is 1. The predicted molar refractivity (Wildman–Crippen MR) is 101 cm³/mol. The highest BCUT2D eigenvalue weighted by atomic mass is 35.5. The van der Waals surface area contributed by atoms with E-state index in [1.807, 2.05) is 6.07 Å². The Kier molecular flexibility index (Phi) is 7.01. The van der Waals surface area contributed by atoms with Crippen LogP contribution in [-0.4, -0.2) is 42.9 Å². The normalized spacial score (nSPS) is 21.3. The zero-order chi connectivity index (χ0) is 17.9. The molecular weight excluding hydrogens is 357 g/mol. The van der Waals surface area contributed by atoms with Gasteiger partial charge in [-0.05, 0) is 43.4 Å². The summed E-state index contributed by atoms with van der Waals surface area (Å²) in [7, 11) is 0. The molecule has 1 saturated carbocycles. The van der Waals surface area contributed by atoms with E-state index in [2.05, 4.69) is 5.32 Å². The van der Waals surface area contributed by atoms with E-state index in [1.54, 1.807) is 11.0 Å². The van der Waals surface area contributed by atoms with Crippen molar-refractivity contribution in [3.8, 4) is 0 Å². The molecule has 2 amide bonds. The molecule has 0 bridgehead atoms. The number of carbonyl (C=O) groups excluding carboxylic acids is 2. The number of amides is 2. The number of carbonyl (C=O) groups is 2. The summed E-state index contributed by atoms with van der Waals surface area (Å²) in [4.78, 5) is 27.3. The molecule has 0 spiro atoms. The molecular formula is C19H27ClFN3O2. The predicted octanol–water partition coefficient (Wildman–Crippen LogP) is 1.98. The van der Waals surface area contributed by atoms with E-state index in [1.165, 1.54) is 12.1 Å². The first-order valence-electron chi connectivity index (χ1n) is 9.10. The van der Waals surface area contributed by atoms with E-state index >= 15 is 0 Å². The minimum atomic E-state index is -0.613. The second kappa shape index (κ2) is 8.82. The molecule has 0 aromatic heterocycles. The number of nitrogens with zero attached hydrogens (tertiary/aromatic N) is 1. The van der Waals surface area contributed by atoms with Gasteiger partial charge in [-0.2, -0.15) is 0 Å². The van der Waals surface area contributed by atoms with Gasteiger partial charge in [-0.1, -0.05) is 18.6 Å². The molecule has 3 rings (SSSR count). The Morgan fingerprint density at radius 2 is 2.08 bits per heavy atom. The van der Waals surface area contributed by atoms with Gasteiger partial charge in [0.2, 0.25) is 11.8 Å². The van der Waals surface area contributed by atoms with Gasteiger partial charge in [-0.25, -0.2) is 4.39 Å². The van der Waals surface area contributed by atoms with Crippen LogP contribution in [0.2, 0.25) is 0 Å². The number of rotatable bonds is 5. The van der Waals surface area contributed by atoms with E-state index in [0.717, 1.165) is 37.7 Å². The van der Waals surface area contributed by atoms with Crippen LogP contribution in [-0.2, 0) is 15.0 Å². The van der Waals surface area contributed by atoms with Crippen molar-refractivity contribution in [2.45, 2.75) is 37.5 Å². The van der Waals surface area contributed by atoms with Crippen molar-refractivity contribution in [3.05, 3.63) is 35.6 Å². The van der Waals surface area contributed by atoms with Gasteiger partial charge in [0, 0.05) is 26.2 Å². The summed E-state index contributed by atoms with van der Waals surface area (Å²) < 4.78 is 13.7. The number of hydrogen-bond acceptors (Lipinski definition) is 3. The highest BCUT2D eigenvalue weighted by Crippen LogP contribution is 2.45. The van der Waals surface area contributed by atoms with Crippen LogP contribution in [0.15, 0.2) is 24.3 Å². The first kappa shape index (κ1) is 20.6. The molecule has 0 radical (unpaired) electrons. The van der Waals surface area contributed by atoms with Crippen molar-refractivity contribution < 1.29 is 14.0 Å². The molecule has 5 nitrogen and oxygen atoms in total. The maximum absolute atomic E-state index is 13.7. The smallest absolute Gasteiger partial charge is 0.233 e. The van der Waals surface area contributed by atoms with Crippen LogP contribution in [0.3, 0.4) is 0 Å². The van der Waals surface area contributed by atoms with Gasteiger partial charge in [0.1, 0.15) is 5.82 Å². The Morgan fingerprint density at radius 3 is 2.69 bits per heavy atom. The number of piperidine rings is 1. The Hall–Kier alpha value is -1.66. The molecule has 144 valence electrons. The molecule has 1 atom stereocenters. The van der Waals surface area contributed by atoms with E-state index in [9.17, 15) is 14.0 Å². The zero-order valence-corrected chi connectivity index (χ0v) is 15.7. The van der Waals surface area contributed by atoms with Gasteiger partial charge in [-0.15, -0.1) is 12.4 Å². The third-order valence-corrected chi connectivity index (χ3v) is 5.52. The average molecular weight is 384 g/mol. The topological polar surface area (TPSA) is 75.4 Å². The minimum absolute atomic E-state index is 0. The molecule has 26 heavy (non-hydrogen) atoms. The van der Waals surface area contributed by atoms with Crippen LogP contribution in [0.5, 0.6) is 0 Å². The van der Waals surface area contributed by atoms with Crippen molar-refractivity contribution in [2.24, 2.45) is 11.7 Å². The lowest BCUT2D eigenvalue weighted by molar-refractivity contribution is -0.144. The molecule has 1 aromatic carbocycles. The van der Waals surface area contributed by atoms with Gasteiger partial charge in [-0.3, -0.25) is 9.59 Å². The summed E-state index contributed by atoms with van der Waals surface area (Å²) in [5.74, 6) is -0.486. The van der Waals surface area contributed by atoms with E-state index in [4.69, 9.17) is 5.73 Å². The minimum Gasteiger partial charge on any atom is -0.355 e. The maximum Gasteiger partial charge on any atom is 0.233 e. The number of hydrogen-bond donors (Lipinski definition) is 2. The van der Waals surface area contributed by atoms with E-state index < -0.39 is 5.41 Å². The Labute approximate surface area is 159 Å². The SMILES string of the molecule is Cl.NCCNC(=O)C1CCCN(C(=O)C2(c3cccc(F)c3)CCC2)C1. The summed E-state index contributed by atoms with van der Waals surface area (Å²) in [6.45, 7) is 1.96. The quantitative estimate of drug-likeness (QED) is 0.816. The third-order valence-electron chi connectivity index (χ3n) is 5.52. The van der Waals surface area contributed by atoms with Crippen LogP contribution in [0.25, 0.3) is 0 Å². The Bertz CT molecular complexity index is 651. The van der Waals surface area contributed by atoms with Gasteiger partial charge >= 0.3 is 0 Å². The fraction of sp³-hybridized carbons (Fsp3) is 0.579. The first-order valence-corrected chi connectivity index (χ1v) is 9.10. The van der Waals surface area contributed by atoms with Crippen molar-refractivity contribution >= 4 is 24.2 Å². The summed E-state index contributed by atoms with van der Waals surface area (Å²) >= 11 is 0. The lowest BCUT2D eigenvalue weighted by atomic mass is 9.63. The molecule has 3 N–H and O–H groups in total. The average Bonchev–Trinajstić information content (AvgIpc) is 2.59. The molecule has 2 fully saturated rings. The zero-order valence-electron chi connectivity index (χ0n) is 14.9. The van der Waals surface area contributed by atoms with Crippen molar-refractivity contribution in [1.82, 2.24) is 10.2 Å². The van der Waals surface area contributed by atoms with Gasteiger partial charge in [0.15, 0.2) is 0 Å². The fourth-order valence-corrected chi connectivity index (χ4v) is 3.96. The summed E-state index contributed by atoms with van der Waals surface area (Å²) in [5.41, 5.74) is 5.58. The van der Waals surface area contributed by atoms with Crippen molar-refractivity contribution in [3.63, 3.8) is 0 Å². The van der Waals surface area contributed by atoms with Crippen LogP contribution in [0, 0.1) is 11.7 Å². The van der Waals surface area contributed by atoms with Gasteiger partial charge in [0.05, 0.1) is 11.3 Å². The lowest BCUT2D eigenvalue weighted by Crippen LogP contribution is -2.55. The van der Waals surface area contributed by atoms with Gasteiger partial charge < -0.3 is 16.0 Å². The van der Waals surface area contributed by atoms with Crippen molar-refractivity contribution in [2.75, 3.05) is 26.2 Å². The third kappa shape index (κ3) is 4.01. The molecule has 1 aliphatic carbocycles. The second-order valence-electron chi connectivity index (χ2n) is 7.12. The molecule has 1 saturated heterocycles. The number of nitrogens with two attached hydrogens (primary N) is 1. The van der Waals surface area contributed by atoms with E-state index in [-0.39, 0.29) is 36.0 Å². The fourth-order valence-electron chi connectivity index (χ4n) is 3.96. The molecule has 1 unspecified atom stereocenters. The standard InChI is InChI=1S/C19H26FN3O2.ClH/c20-16-6-1-5-15(12-16)19(7-3-8-19)18(25)23-11-2-4-14(13-23)17(24)22-10-9-21;/h1,5-6,12,14H,2-4,7-11,13,21H2,(H,22,24);1H. The summed E-state index contributed by atoms with van der Waals surface area (Å²) in [6, 6.07) is 6.39. The maximum atomic E-state index is 13.7. The lowest BCUT2D eigenvalue weighted by Gasteiger charge is -2.45. The second-order valence-corrected chi connectivity index (χ2v) is 7.12. The van der Waals surface area contributed by atoms with Crippen LogP contribution >= 0.6 is 12.4 Å². The molecule has 1 heterocycles.